The zero-order valence-corrected chi connectivity index (χ0v) is 12.7. The highest BCUT2D eigenvalue weighted by molar-refractivity contribution is 6.58. The van der Waals surface area contributed by atoms with E-state index in [1.807, 2.05) is 0 Å². The topological polar surface area (TPSA) is 52.6 Å². The Bertz CT molecular complexity index is 643. The number of fused-ring (bicyclic) bond motifs is 1. The van der Waals surface area contributed by atoms with Gasteiger partial charge in [-0.05, 0) is 38.0 Å². The van der Waals surface area contributed by atoms with Crippen molar-refractivity contribution in [3.8, 4) is 0 Å². The van der Waals surface area contributed by atoms with Crippen LogP contribution in [0.5, 0.6) is 0 Å². The number of carbonyl (C=O) groups is 2. The number of ether oxygens (including phenoxy) is 2. The first kappa shape index (κ1) is 14.9. The molecular formula is C14H12Cl2O4. The quantitative estimate of drug-likeness (QED) is 0.780. The van der Waals surface area contributed by atoms with Crippen LogP contribution in [0.1, 0.15) is 44.3 Å². The van der Waals surface area contributed by atoms with Crippen molar-refractivity contribution in [2.75, 3.05) is 6.61 Å². The highest BCUT2D eigenvalue weighted by Crippen LogP contribution is 2.38. The molecule has 106 valence electrons. The first-order chi connectivity index (χ1) is 9.38. The van der Waals surface area contributed by atoms with Crippen molar-refractivity contribution >= 4 is 40.9 Å². The van der Waals surface area contributed by atoms with Crippen LogP contribution < -0.4 is 0 Å². The maximum Gasteiger partial charge on any atom is 0.344 e. The summed E-state index contributed by atoms with van der Waals surface area (Å²) in [4.78, 5) is 23.9. The third kappa shape index (κ3) is 2.30. The van der Waals surface area contributed by atoms with Gasteiger partial charge in [0.1, 0.15) is 4.49 Å². The molecule has 0 unspecified atom stereocenters. The van der Waals surface area contributed by atoms with Crippen molar-refractivity contribution in [1.29, 1.82) is 0 Å². The van der Waals surface area contributed by atoms with Crippen LogP contribution in [0.3, 0.4) is 0 Å². The monoisotopic (exact) mass is 314 g/mol. The van der Waals surface area contributed by atoms with Gasteiger partial charge in [-0.2, -0.15) is 0 Å². The lowest BCUT2D eigenvalue weighted by Crippen LogP contribution is -2.12. The Kier molecular flexibility index (Phi) is 4.06. The van der Waals surface area contributed by atoms with Crippen LogP contribution >= 0.6 is 23.2 Å². The van der Waals surface area contributed by atoms with Crippen molar-refractivity contribution in [3.05, 3.63) is 38.4 Å². The maximum absolute atomic E-state index is 12.0. The van der Waals surface area contributed by atoms with Gasteiger partial charge in [-0.15, -0.1) is 0 Å². The first-order valence-corrected chi connectivity index (χ1v) is 6.73. The average Bonchev–Trinajstić information content (AvgIpc) is 2.67. The second-order valence-corrected chi connectivity index (χ2v) is 5.26. The Morgan fingerprint density at radius 2 is 2.00 bits per heavy atom. The summed E-state index contributed by atoms with van der Waals surface area (Å²) in [5.74, 6) is -0.917. The van der Waals surface area contributed by atoms with Crippen molar-refractivity contribution < 1.29 is 19.1 Å². The summed E-state index contributed by atoms with van der Waals surface area (Å²) in [5, 5.41) is 0. The fourth-order valence-corrected chi connectivity index (χ4v) is 2.56. The molecular weight excluding hydrogens is 303 g/mol. The van der Waals surface area contributed by atoms with Gasteiger partial charge in [0.05, 0.1) is 17.7 Å². The minimum absolute atomic E-state index is 0.120. The summed E-state index contributed by atoms with van der Waals surface area (Å²) in [7, 11) is 0. The summed E-state index contributed by atoms with van der Waals surface area (Å²) in [6.45, 7) is 5.41. The van der Waals surface area contributed by atoms with Crippen molar-refractivity contribution in [2.24, 2.45) is 0 Å². The van der Waals surface area contributed by atoms with E-state index >= 15 is 0 Å². The summed E-state index contributed by atoms with van der Waals surface area (Å²) >= 11 is 11.4. The molecule has 1 aromatic carbocycles. The van der Waals surface area contributed by atoms with Gasteiger partial charge in [-0.3, -0.25) is 0 Å². The van der Waals surface area contributed by atoms with E-state index < -0.39 is 11.9 Å². The van der Waals surface area contributed by atoms with Crippen LogP contribution in [0, 0.1) is 13.8 Å². The molecule has 0 saturated heterocycles. The molecule has 4 nitrogen and oxygen atoms in total. The minimum Gasteiger partial charge on any atom is -0.462 e. The first-order valence-electron chi connectivity index (χ1n) is 5.97. The number of carbonyl (C=O) groups excluding carboxylic acids is 2. The second-order valence-electron chi connectivity index (χ2n) is 4.32. The van der Waals surface area contributed by atoms with Gasteiger partial charge in [-0.1, -0.05) is 23.2 Å². The van der Waals surface area contributed by atoms with E-state index in [1.54, 1.807) is 26.8 Å². The minimum atomic E-state index is -0.572. The number of cyclic esters (lactones) is 1. The van der Waals surface area contributed by atoms with Gasteiger partial charge < -0.3 is 9.47 Å². The zero-order valence-electron chi connectivity index (χ0n) is 11.2. The summed E-state index contributed by atoms with van der Waals surface area (Å²) in [6.07, 6.45) is 0. The van der Waals surface area contributed by atoms with Crippen LogP contribution in [0.2, 0.25) is 0 Å². The van der Waals surface area contributed by atoms with Gasteiger partial charge in [0.25, 0.3) is 0 Å². The highest BCUT2D eigenvalue weighted by atomic mass is 35.5. The van der Waals surface area contributed by atoms with Gasteiger partial charge in [-0.25, -0.2) is 9.59 Å². The normalized spacial score (nSPS) is 13.1. The van der Waals surface area contributed by atoms with E-state index in [2.05, 4.69) is 0 Å². The van der Waals surface area contributed by atoms with Crippen LogP contribution in [0.15, 0.2) is 10.6 Å². The molecule has 2 rings (SSSR count). The van der Waals surface area contributed by atoms with Crippen LogP contribution in [0.25, 0.3) is 5.76 Å². The van der Waals surface area contributed by atoms with E-state index in [0.29, 0.717) is 27.8 Å². The maximum atomic E-state index is 12.0. The van der Waals surface area contributed by atoms with Crippen LogP contribution in [-0.2, 0) is 9.47 Å². The predicted molar refractivity (Wildman–Crippen MR) is 75.9 cm³/mol. The SMILES string of the molecule is CCOC(=O)c1c(C)cc2c(c1C)C(=O)OC2=C(Cl)Cl. The lowest BCUT2D eigenvalue weighted by molar-refractivity contribution is 0.0524. The molecule has 0 aliphatic carbocycles. The van der Waals surface area contributed by atoms with Gasteiger partial charge in [0.2, 0.25) is 0 Å². The van der Waals surface area contributed by atoms with Crippen molar-refractivity contribution in [3.63, 3.8) is 0 Å². The number of esters is 2. The van der Waals surface area contributed by atoms with Crippen LogP contribution in [0.4, 0.5) is 0 Å². The molecule has 0 amide bonds. The molecule has 0 radical (unpaired) electrons. The largest absolute Gasteiger partial charge is 0.462 e. The zero-order chi connectivity index (χ0) is 15.0. The number of rotatable bonds is 2. The third-order valence-corrected chi connectivity index (χ3v) is 3.41. The summed E-state index contributed by atoms with van der Waals surface area (Å²) in [6, 6.07) is 1.65. The fourth-order valence-electron chi connectivity index (χ4n) is 2.28. The fraction of sp³-hybridized carbons (Fsp3) is 0.286. The highest BCUT2D eigenvalue weighted by Gasteiger charge is 2.33. The number of aryl methyl sites for hydroxylation is 1. The molecule has 0 bridgehead atoms. The van der Waals surface area contributed by atoms with E-state index in [0.717, 1.165) is 0 Å². The molecule has 0 saturated carbocycles. The van der Waals surface area contributed by atoms with Gasteiger partial charge in [0, 0.05) is 5.56 Å². The molecule has 6 heteroatoms. The standard InChI is InChI=1S/C14H12Cl2O4/c1-4-19-13(17)9-6(2)5-8-10(7(9)3)14(18)20-11(8)12(15)16/h5H,4H2,1-3H3. The lowest BCUT2D eigenvalue weighted by atomic mass is 9.93. The Morgan fingerprint density at radius 1 is 1.35 bits per heavy atom. The Balaban J connectivity index is 2.70. The van der Waals surface area contributed by atoms with Gasteiger partial charge in [0.15, 0.2) is 5.76 Å². The van der Waals surface area contributed by atoms with E-state index in [-0.39, 0.29) is 16.9 Å². The molecule has 0 N–H and O–H groups in total. The van der Waals surface area contributed by atoms with E-state index in [9.17, 15) is 9.59 Å². The second kappa shape index (κ2) is 5.46. The molecule has 0 fully saturated rings. The van der Waals surface area contributed by atoms with E-state index in [4.69, 9.17) is 32.7 Å². The molecule has 1 aliphatic heterocycles. The predicted octanol–water partition coefficient (Wildman–Crippen LogP) is 3.75. The van der Waals surface area contributed by atoms with Crippen molar-refractivity contribution in [1.82, 2.24) is 0 Å². The van der Waals surface area contributed by atoms with Gasteiger partial charge >= 0.3 is 11.9 Å². The third-order valence-electron chi connectivity index (χ3n) is 3.07. The van der Waals surface area contributed by atoms with E-state index in [1.165, 1.54) is 0 Å². The lowest BCUT2D eigenvalue weighted by Gasteiger charge is -2.11. The molecule has 1 heterocycles. The molecule has 1 aromatic rings. The summed E-state index contributed by atoms with van der Waals surface area (Å²) < 4.78 is 9.93. The van der Waals surface area contributed by atoms with Crippen molar-refractivity contribution in [2.45, 2.75) is 20.8 Å². The number of hydrogen-bond acceptors (Lipinski definition) is 4. The molecule has 0 aromatic heterocycles. The Morgan fingerprint density at radius 3 is 2.55 bits per heavy atom. The molecule has 0 spiro atoms. The number of hydrogen-bond donors (Lipinski definition) is 0. The number of halogens is 2. The molecule has 0 atom stereocenters. The summed E-state index contributed by atoms with van der Waals surface area (Å²) in [5.41, 5.74) is 2.35. The van der Waals surface area contributed by atoms with Crippen LogP contribution in [-0.4, -0.2) is 18.5 Å². The average molecular weight is 315 g/mol. The Labute approximate surface area is 126 Å². The number of benzene rings is 1. The molecule has 1 aliphatic rings. The molecule has 20 heavy (non-hydrogen) atoms. The Hall–Kier alpha value is -1.52. The smallest absolute Gasteiger partial charge is 0.344 e.